The van der Waals surface area contributed by atoms with E-state index in [-0.39, 0.29) is 12.5 Å². The largest absolute Gasteiger partial charge is 0.384 e. The molecule has 0 spiro atoms. The summed E-state index contributed by atoms with van der Waals surface area (Å²) < 4.78 is 0. The van der Waals surface area contributed by atoms with E-state index in [0.717, 1.165) is 23.5 Å². The van der Waals surface area contributed by atoms with Crippen molar-refractivity contribution in [2.45, 2.75) is 45.1 Å². The minimum atomic E-state index is -0.137. The third-order valence-corrected chi connectivity index (χ3v) is 3.98. The van der Waals surface area contributed by atoms with E-state index in [0.29, 0.717) is 13.0 Å². The molecule has 0 radical (unpaired) electrons. The number of aliphatic hydroxyl groups is 1. The van der Waals surface area contributed by atoms with Crippen molar-refractivity contribution < 1.29 is 9.90 Å². The molecule has 21 heavy (non-hydrogen) atoms. The van der Waals surface area contributed by atoms with Gasteiger partial charge in [0, 0.05) is 18.5 Å². The van der Waals surface area contributed by atoms with Gasteiger partial charge in [-0.05, 0) is 30.0 Å². The minimum absolute atomic E-state index is 0.133. The molecule has 0 aliphatic heterocycles. The third kappa shape index (κ3) is 5.61. The maximum absolute atomic E-state index is 11.9. The fourth-order valence-corrected chi connectivity index (χ4v) is 2.82. The number of hydrogen-bond donors (Lipinski definition) is 2. The van der Waals surface area contributed by atoms with Gasteiger partial charge in [0.1, 0.15) is 6.61 Å². The second-order valence-corrected chi connectivity index (χ2v) is 5.63. The molecule has 0 unspecified atom stereocenters. The van der Waals surface area contributed by atoms with Crippen LogP contribution in [0.25, 0.3) is 0 Å². The van der Waals surface area contributed by atoms with Crippen molar-refractivity contribution in [3.05, 3.63) is 35.4 Å². The molecule has 112 valence electrons. The van der Waals surface area contributed by atoms with Gasteiger partial charge in [0.2, 0.25) is 5.91 Å². The first-order valence-electron chi connectivity index (χ1n) is 7.73. The van der Waals surface area contributed by atoms with Crippen LogP contribution < -0.4 is 5.32 Å². The molecule has 1 fully saturated rings. The van der Waals surface area contributed by atoms with E-state index in [9.17, 15) is 4.79 Å². The number of benzene rings is 1. The van der Waals surface area contributed by atoms with Crippen LogP contribution in [0.1, 0.15) is 49.7 Å². The van der Waals surface area contributed by atoms with Crippen LogP contribution in [0.3, 0.4) is 0 Å². The monoisotopic (exact) mass is 285 g/mol. The molecule has 0 atom stereocenters. The molecular weight excluding hydrogens is 262 g/mol. The van der Waals surface area contributed by atoms with E-state index >= 15 is 0 Å². The second kappa shape index (κ2) is 8.49. The van der Waals surface area contributed by atoms with Gasteiger partial charge in [-0.3, -0.25) is 4.79 Å². The third-order valence-electron chi connectivity index (χ3n) is 3.98. The van der Waals surface area contributed by atoms with Gasteiger partial charge in [-0.25, -0.2) is 0 Å². The molecule has 3 nitrogen and oxygen atoms in total. The lowest BCUT2D eigenvalue weighted by Gasteiger charge is -2.09. The number of rotatable bonds is 5. The molecule has 3 heteroatoms. The highest BCUT2D eigenvalue weighted by atomic mass is 16.2. The molecule has 0 saturated heterocycles. The van der Waals surface area contributed by atoms with Crippen molar-refractivity contribution in [3.8, 4) is 11.8 Å². The van der Waals surface area contributed by atoms with Gasteiger partial charge in [-0.2, -0.15) is 0 Å². The highest BCUT2D eigenvalue weighted by Gasteiger charge is 2.15. The Hall–Kier alpha value is -1.79. The Bertz CT molecular complexity index is 522. The summed E-state index contributed by atoms with van der Waals surface area (Å²) in [6, 6.07) is 7.73. The Balaban J connectivity index is 1.75. The molecule has 1 aliphatic carbocycles. The van der Waals surface area contributed by atoms with Gasteiger partial charge >= 0.3 is 0 Å². The fraction of sp³-hybridized carbons (Fsp3) is 0.500. The van der Waals surface area contributed by atoms with E-state index in [1.54, 1.807) is 0 Å². The van der Waals surface area contributed by atoms with Gasteiger partial charge in [-0.15, -0.1) is 0 Å². The Labute approximate surface area is 126 Å². The van der Waals surface area contributed by atoms with Crippen LogP contribution in [0.15, 0.2) is 24.3 Å². The second-order valence-electron chi connectivity index (χ2n) is 5.63. The van der Waals surface area contributed by atoms with Crippen LogP contribution in [0.2, 0.25) is 0 Å². The van der Waals surface area contributed by atoms with Crippen LogP contribution in [-0.4, -0.2) is 17.6 Å². The first-order chi connectivity index (χ1) is 10.3. The predicted molar refractivity (Wildman–Crippen MR) is 83.4 cm³/mol. The molecule has 0 aromatic heterocycles. The molecule has 1 aromatic rings. The highest BCUT2D eigenvalue weighted by Crippen LogP contribution is 2.28. The Kier molecular flexibility index (Phi) is 6.30. The number of hydrogen-bond acceptors (Lipinski definition) is 2. The molecule has 1 saturated carbocycles. The molecule has 0 bridgehead atoms. The lowest BCUT2D eigenvalue weighted by Crippen LogP contribution is -2.23. The number of amides is 1. The van der Waals surface area contributed by atoms with Gasteiger partial charge in [0.25, 0.3) is 0 Å². The summed E-state index contributed by atoms with van der Waals surface area (Å²) in [6.45, 7) is 0.403. The zero-order chi connectivity index (χ0) is 14.9. The molecule has 1 amide bonds. The molecular formula is C18H23NO2. The van der Waals surface area contributed by atoms with Gasteiger partial charge in [0.05, 0.1) is 0 Å². The predicted octanol–water partition coefficient (Wildman–Crippen LogP) is 2.62. The molecule has 0 heterocycles. The van der Waals surface area contributed by atoms with Crippen LogP contribution >= 0.6 is 0 Å². The summed E-state index contributed by atoms with van der Waals surface area (Å²) in [6.07, 6.45) is 6.89. The van der Waals surface area contributed by atoms with E-state index in [4.69, 9.17) is 5.11 Å². The molecule has 1 aliphatic rings. The molecule has 2 N–H and O–H groups in total. The van der Waals surface area contributed by atoms with E-state index in [2.05, 4.69) is 17.2 Å². The minimum Gasteiger partial charge on any atom is -0.384 e. The zero-order valence-electron chi connectivity index (χ0n) is 12.4. The molecule has 1 aromatic carbocycles. The average Bonchev–Trinajstić information content (AvgIpc) is 3.03. The summed E-state index contributed by atoms with van der Waals surface area (Å²) in [7, 11) is 0. The van der Waals surface area contributed by atoms with Crippen molar-refractivity contribution in [1.82, 2.24) is 5.32 Å². The van der Waals surface area contributed by atoms with Crippen LogP contribution in [0, 0.1) is 17.8 Å². The summed E-state index contributed by atoms with van der Waals surface area (Å²) in [5, 5.41) is 11.7. The maximum atomic E-state index is 11.9. The zero-order valence-corrected chi connectivity index (χ0v) is 12.4. The quantitative estimate of drug-likeness (QED) is 0.817. The Morgan fingerprint density at radius 2 is 2.14 bits per heavy atom. The number of aliphatic hydroxyl groups excluding tert-OH is 1. The average molecular weight is 285 g/mol. The van der Waals surface area contributed by atoms with Crippen molar-refractivity contribution in [3.63, 3.8) is 0 Å². The van der Waals surface area contributed by atoms with E-state index in [1.807, 2.05) is 24.3 Å². The topological polar surface area (TPSA) is 49.3 Å². The molecule has 2 rings (SSSR count). The number of carbonyl (C=O) groups is 1. The van der Waals surface area contributed by atoms with Crippen molar-refractivity contribution in [2.75, 3.05) is 6.61 Å². The lowest BCUT2D eigenvalue weighted by molar-refractivity contribution is -0.121. The maximum Gasteiger partial charge on any atom is 0.220 e. The number of nitrogens with one attached hydrogen (secondary N) is 1. The van der Waals surface area contributed by atoms with Crippen LogP contribution in [-0.2, 0) is 11.3 Å². The van der Waals surface area contributed by atoms with Gasteiger partial charge < -0.3 is 10.4 Å². The Morgan fingerprint density at radius 1 is 1.33 bits per heavy atom. The standard InChI is InChI=1S/C18H23NO2/c20-12-4-9-16-7-3-8-17(13-16)14-19-18(21)11-10-15-5-1-2-6-15/h3,7-8,13,15,20H,1-2,5-6,10-12,14H2,(H,19,21). The van der Waals surface area contributed by atoms with Crippen molar-refractivity contribution in [1.29, 1.82) is 0 Å². The first-order valence-corrected chi connectivity index (χ1v) is 7.73. The summed E-state index contributed by atoms with van der Waals surface area (Å²) >= 11 is 0. The Morgan fingerprint density at radius 3 is 2.90 bits per heavy atom. The summed E-state index contributed by atoms with van der Waals surface area (Å²) in [5.41, 5.74) is 1.90. The number of carbonyl (C=O) groups excluding carboxylic acids is 1. The van der Waals surface area contributed by atoms with E-state index in [1.165, 1.54) is 25.7 Å². The van der Waals surface area contributed by atoms with Crippen molar-refractivity contribution in [2.24, 2.45) is 5.92 Å². The van der Waals surface area contributed by atoms with Gasteiger partial charge in [0.15, 0.2) is 0 Å². The first kappa shape index (κ1) is 15.6. The summed E-state index contributed by atoms with van der Waals surface area (Å²) in [5.74, 6) is 6.39. The smallest absolute Gasteiger partial charge is 0.220 e. The lowest BCUT2D eigenvalue weighted by atomic mass is 10.0. The van der Waals surface area contributed by atoms with E-state index < -0.39 is 0 Å². The van der Waals surface area contributed by atoms with Gasteiger partial charge in [-0.1, -0.05) is 49.7 Å². The normalized spacial score (nSPS) is 14.5. The fourth-order valence-electron chi connectivity index (χ4n) is 2.82. The highest BCUT2D eigenvalue weighted by molar-refractivity contribution is 5.75. The van der Waals surface area contributed by atoms with Crippen LogP contribution in [0.5, 0.6) is 0 Å². The van der Waals surface area contributed by atoms with Crippen molar-refractivity contribution >= 4 is 5.91 Å². The van der Waals surface area contributed by atoms with Crippen LogP contribution in [0.4, 0.5) is 0 Å². The SMILES string of the molecule is O=C(CCC1CCCC1)NCc1cccc(C#CCO)c1. The summed E-state index contributed by atoms with van der Waals surface area (Å²) in [4.78, 5) is 11.9.